The molecule has 1 fully saturated rings. The number of carbonyl (C=O) groups is 1. The molecule has 2 aliphatic heterocycles. The largest absolute Gasteiger partial charge is 0.399 e. The van der Waals surface area contributed by atoms with Crippen LogP contribution >= 0.6 is 23.5 Å². The van der Waals surface area contributed by atoms with E-state index in [1.165, 1.54) is 4.90 Å². The third-order valence-electron chi connectivity index (χ3n) is 3.39. The highest BCUT2D eigenvalue weighted by atomic mass is 32.2. The molecule has 3 rings (SSSR count). The molecule has 0 bridgehead atoms. The van der Waals surface area contributed by atoms with Gasteiger partial charge >= 0.3 is 0 Å². The Balaban J connectivity index is 1.90. The van der Waals surface area contributed by atoms with Gasteiger partial charge in [0.1, 0.15) is 0 Å². The molecule has 0 saturated carbocycles. The number of anilines is 2. The van der Waals surface area contributed by atoms with Gasteiger partial charge in [-0.25, -0.2) is 0 Å². The normalized spacial score (nSPS) is 22.9. The first-order valence-corrected chi connectivity index (χ1v) is 8.31. The summed E-state index contributed by atoms with van der Waals surface area (Å²) in [4.78, 5) is 15.7. The van der Waals surface area contributed by atoms with Crippen LogP contribution in [0.3, 0.4) is 0 Å². The maximum Gasteiger partial charge on any atom is 0.231 e. The fourth-order valence-corrected chi connectivity index (χ4v) is 4.60. The third-order valence-corrected chi connectivity index (χ3v) is 5.60. The van der Waals surface area contributed by atoms with Crippen molar-refractivity contribution in [1.82, 2.24) is 0 Å². The molecule has 3 nitrogen and oxygen atoms in total. The Morgan fingerprint density at radius 3 is 3.06 bits per heavy atom. The molecule has 0 aliphatic carbocycles. The SMILES string of the molecule is Nc1ccc2c(c1)N(C(=O)C1CCSC1)CCS2. The molecule has 0 aromatic heterocycles. The lowest BCUT2D eigenvalue weighted by Gasteiger charge is -2.31. The predicted octanol–water partition coefficient (Wildman–Crippen LogP) is 2.46. The van der Waals surface area contributed by atoms with Crippen LogP contribution in [0, 0.1) is 5.92 Å². The molecule has 1 saturated heterocycles. The molecule has 1 amide bonds. The van der Waals surface area contributed by atoms with Crippen LogP contribution in [-0.2, 0) is 4.79 Å². The second-order valence-electron chi connectivity index (χ2n) is 4.63. The molecule has 2 heterocycles. The van der Waals surface area contributed by atoms with Crippen molar-refractivity contribution in [3.8, 4) is 0 Å². The summed E-state index contributed by atoms with van der Waals surface area (Å²) in [5.41, 5.74) is 7.59. The number of nitrogen functional groups attached to an aromatic ring is 1. The summed E-state index contributed by atoms with van der Waals surface area (Å²) in [5.74, 6) is 3.55. The molecule has 18 heavy (non-hydrogen) atoms. The third kappa shape index (κ3) is 2.21. The van der Waals surface area contributed by atoms with Crippen LogP contribution in [0.5, 0.6) is 0 Å². The molecule has 1 aromatic carbocycles. The Morgan fingerprint density at radius 2 is 2.28 bits per heavy atom. The van der Waals surface area contributed by atoms with Crippen LogP contribution in [-0.4, -0.2) is 29.7 Å². The number of hydrogen-bond acceptors (Lipinski definition) is 4. The van der Waals surface area contributed by atoms with Gasteiger partial charge < -0.3 is 10.6 Å². The Labute approximate surface area is 115 Å². The highest BCUT2D eigenvalue weighted by Gasteiger charge is 2.31. The molecule has 2 aliphatic rings. The summed E-state index contributed by atoms with van der Waals surface area (Å²) in [6.07, 6.45) is 1.02. The van der Waals surface area contributed by atoms with E-state index < -0.39 is 0 Å². The van der Waals surface area contributed by atoms with E-state index >= 15 is 0 Å². The molecule has 1 atom stereocenters. The van der Waals surface area contributed by atoms with Crippen molar-refractivity contribution in [1.29, 1.82) is 0 Å². The molecule has 0 spiro atoms. The van der Waals surface area contributed by atoms with Crippen LogP contribution in [0.25, 0.3) is 0 Å². The lowest BCUT2D eigenvalue weighted by molar-refractivity contribution is -0.121. The summed E-state index contributed by atoms with van der Waals surface area (Å²) in [6.45, 7) is 0.807. The van der Waals surface area contributed by atoms with Crippen molar-refractivity contribution in [2.75, 3.05) is 34.4 Å². The Bertz CT molecular complexity index is 472. The van der Waals surface area contributed by atoms with Gasteiger partial charge in [-0.05, 0) is 30.4 Å². The van der Waals surface area contributed by atoms with Crippen LogP contribution < -0.4 is 10.6 Å². The monoisotopic (exact) mass is 280 g/mol. The maximum atomic E-state index is 12.5. The van der Waals surface area contributed by atoms with Gasteiger partial charge in [-0.3, -0.25) is 4.79 Å². The summed E-state index contributed by atoms with van der Waals surface area (Å²) in [7, 11) is 0. The fraction of sp³-hybridized carbons (Fsp3) is 0.462. The van der Waals surface area contributed by atoms with E-state index in [2.05, 4.69) is 0 Å². The van der Waals surface area contributed by atoms with Crippen molar-refractivity contribution >= 4 is 40.8 Å². The molecule has 0 radical (unpaired) electrons. The zero-order valence-corrected chi connectivity index (χ0v) is 11.7. The predicted molar refractivity (Wildman–Crippen MR) is 79.4 cm³/mol. The summed E-state index contributed by atoms with van der Waals surface area (Å²) >= 11 is 3.69. The fourth-order valence-electron chi connectivity index (χ4n) is 2.41. The Kier molecular flexibility index (Phi) is 3.43. The summed E-state index contributed by atoms with van der Waals surface area (Å²) in [6, 6.07) is 5.87. The van der Waals surface area contributed by atoms with Crippen molar-refractivity contribution in [3.63, 3.8) is 0 Å². The molecule has 1 unspecified atom stereocenters. The van der Waals surface area contributed by atoms with Gasteiger partial charge in [-0.15, -0.1) is 11.8 Å². The number of benzene rings is 1. The van der Waals surface area contributed by atoms with Gasteiger partial charge in [-0.2, -0.15) is 11.8 Å². The highest BCUT2D eigenvalue weighted by molar-refractivity contribution is 7.99. The molecular weight excluding hydrogens is 264 g/mol. The molecule has 96 valence electrons. The topological polar surface area (TPSA) is 46.3 Å². The van der Waals surface area contributed by atoms with E-state index in [0.29, 0.717) is 0 Å². The average Bonchev–Trinajstić information content (AvgIpc) is 2.91. The van der Waals surface area contributed by atoms with Crippen LogP contribution in [0.15, 0.2) is 23.1 Å². The van der Waals surface area contributed by atoms with Gasteiger partial charge in [-0.1, -0.05) is 0 Å². The minimum atomic E-state index is 0.201. The molecule has 2 N–H and O–H groups in total. The molecule has 1 aromatic rings. The van der Waals surface area contributed by atoms with E-state index in [0.717, 1.165) is 41.6 Å². The minimum Gasteiger partial charge on any atom is -0.399 e. The van der Waals surface area contributed by atoms with Crippen molar-refractivity contribution < 1.29 is 4.79 Å². The van der Waals surface area contributed by atoms with Crippen molar-refractivity contribution in [3.05, 3.63) is 18.2 Å². The number of hydrogen-bond donors (Lipinski definition) is 1. The first kappa shape index (κ1) is 12.2. The maximum absolute atomic E-state index is 12.5. The van der Waals surface area contributed by atoms with Gasteiger partial charge in [0.25, 0.3) is 0 Å². The highest BCUT2D eigenvalue weighted by Crippen LogP contribution is 2.38. The van der Waals surface area contributed by atoms with Gasteiger partial charge in [0, 0.05) is 34.6 Å². The van der Waals surface area contributed by atoms with E-state index in [-0.39, 0.29) is 11.8 Å². The Morgan fingerprint density at radius 1 is 1.39 bits per heavy atom. The minimum absolute atomic E-state index is 0.201. The second kappa shape index (κ2) is 5.05. The Hall–Kier alpha value is -0.810. The van der Waals surface area contributed by atoms with E-state index in [1.807, 2.05) is 34.9 Å². The lowest BCUT2D eigenvalue weighted by atomic mass is 10.1. The zero-order valence-electron chi connectivity index (χ0n) is 10.1. The summed E-state index contributed by atoms with van der Waals surface area (Å²) < 4.78 is 0. The quantitative estimate of drug-likeness (QED) is 0.803. The number of nitrogens with zero attached hydrogens (tertiary/aromatic N) is 1. The molecular formula is C13H16N2OS2. The summed E-state index contributed by atoms with van der Waals surface area (Å²) in [5, 5.41) is 0. The second-order valence-corrected chi connectivity index (χ2v) is 6.91. The average molecular weight is 280 g/mol. The van der Waals surface area contributed by atoms with Gasteiger partial charge in [0.05, 0.1) is 5.69 Å². The number of fused-ring (bicyclic) bond motifs is 1. The standard InChI is InChI=1S/C13H16N2OS2/c14-10-1-2-12-11(7-10)15(4-6-18-12)13(16)9-3-5-17-8-9/h1-2,7,9H,3-6,8,14H2. The number of amides is 1. The van der Waals surface area contributed by atoms with Crippen molar-refractivity contribution in [2.45, 2.75) is 11.3 Å². The molecule has 5 heteroatoms. The van der Waals surface area contributed by atoms with Crippen LogP contribution in [0.2, 0.25) is 0 Å². The number of carbonyl (C=O) groups excluding carboxylic acids is 1. The van der Waals surface area contributed by atoms with Gasteiger partial charge in [0.2, 0.25) is 5.91 Å². The van der Waals surface area contributed by atoms with E-state index in [1.54, 1.807) is 11.8 Å². The first-order valence-electron chi connectivity index (χ1n) is 6.17. The lowest BCUT2D eigenvalue weighted by Crippen LogP contribution is -2.39. The zero-order chi connectivity index (χ0) is 12.5. The van der Waals surface area contributed by atoms with Crippen LogP contribution in [0.1, 0.15) is 6.42 Å². The van der Waals surface area contributed by atoms with Crippen LogP contribution in [0.4, 0.5) is 11.4 Å². The number of thioether (sulfide) groups is 2. The number of nitrogens with two attached hydrogens (primary N) is 1. The number of rotatable bonds is 1. The smallest absolute Gasteiger partial charge is 0.231 e. The van der Waals surface area contributed by atoms with Gasteiger partial charge in [0.15, 0.2) is 0 Å². The van der Waals surface area contributed by atoms with E-state index in [4.69, 9.17) is 5.73 Å². The van der Waals surface area contributed by atoms with Crippen molar-refractivity contribution in [2.24, 2.45) is 5.92 Å². The van der Waals surface area contributed by atoms with E-state index in [9.17, 15) is 4.79 Å². The first-order chi connectivity index (χ1) is 8.75.